The van der Waals surface area contributed by atoms with Crippen molar-refractivity contribution in [3.8, 4) is 0 Å². The van der Waals surface area contributed by atoms with Gasteiger partial charge in [-0.05, 0) is 40.5 Å². The molecule has 6 nitrogen and oxygen atoms in total. The largest absolute Gasteiger partial charge is 0.389 e. The van der Waals surface area contributed by atoms with E-state index in [9.17, 15) is 13.5 Å². The van der Waals surface area contributed by atoms with Gasteiger partial charge in [0, 0.05) is 18.8 Å². The van der Waals surface area contributed by atoms with Crippen LogP contribution in [0.25, 0.3) is 0 Å². The molecule has 0 aliphatic carbocycles. The SMILES string of the molecule is CC(C)n1cc(S(=O)(=O)N2CCCC2C(C)(C)O)cn1. The van der Waals surface area contributed by atoms with E-state index < -0.39 is 15.6 Å². The van der Waals surface area contributed by atoms with Crippen LogP contribution in [0, 0.1) is 0 Å². The predicted octanol–water partition coefficient (Wildman–Crippen LogP) is 1.39. The lowest BCUT2D eigenvalue weighted by Gasteiger charge is -2.32. The van der Waals surface area contributed by atoms with Crippen molar-refractivity contribution >= 4 is 10.0 Å². The molecule has 1 aliphatic heterocycles. The molecule has 1 atom stereocenters. The van der Waals surface area contributed by atoms with Gasteiger partial charge in [0.25, 0.3) is 0 Å². The number of rotatable bonds is 4. The monoisotopic (exact) mass is 301 g/mol. The van der Waals surface area contributed by atoms with Gasteiger partial charge < -0.3 is 5.11 Å². The highest BCUT2D eigenvalue weighted by Crippen LogP contribution is 2.32. The average Bonchev–Trinajstić information content (AvgIpc) is 2.98. The third kappa shape index (κ3) is 2.75. The maximum Gasteiger partial charge on any atom is 0.246 e. The highest BCUT2D eigenvalue weighted by atomic mass is 32.2. The van der Waals surface area contributed by atoms with Crippen molar-refractivity contribution < 1.29 is 13.5 Å². The Morgan fingerprint density at radius 2 is 2.10 bits per heavy atom. The Kier molecular flexibility index (Phi) is 3.96. The molecule has 2 heterocycles. The molecule has 0 amide bonds. The van der Waals surface area contributed by atoms with Crippen LogP contribution in [-0.2, 0) is 10.0 Å². The van der Waals surface area contributed by atoms with Crippen molar-refractivity contribution in [2.45, 2.75) is 63.1 Å². The van der Waals surface area contributed by atoms with E-state index in [4.69, 9.17) is 0 Å². The van der Waals surface area contributed by atoms with E-state index in [-0.39, 0.29) is 17.0 Å². The van der Waals surface area contributed by atoms with Gasteiger partial charge >= 0.3 is 0 Å². The second-order valence-corrected chi connectivity index (χ2v) is 8.07. The standard InChI is InChI=1S/C13H23N3O3S/c1-10(2)15-9-11(8-14-15)20(18,19)16-7-5-6-12(16)13(3,4)17/h8-10,12,17H,5-7H2,1-4H3. The number of aromatic nitrogens is 2. The Balaban J connectivity index is 2.34. The fraction of sp³-hybridized carbons (Fsp3) is 0.769. The summed E-state index contributed by atoms with van der Waals surface area (Å²) < 4.78 is 28.4. The molecule has 1 N–H and O–H groups in total. The van der Waals surface area contributed by atoms with Gasteiger partial charge in [0.1, 0.15) is 4.90 Å². The zero-order valence-corrected chi connectivity index (χ0v) is 13.3. The maximum absolute atomic E-state index is 12.7. The van der Waals surface area contributed by atoms with E-state index in [1.807, 2.05) is 13.8 Å². The van der Waals surface area contributed by atoms with E-state index in [2.05, 4.69) is 5.10 Å². The van der Waals surface area contributed by atoms with Crippen LogP contribution in [-0.4, -0.2) is 45.8 Å². The molecule has 0 saturated carbocycles. The molecule has 0 bridgehead atoms. The van der Waals surface area contributed by atoms with Gasteiger partial charge in [0.2, 0.25) is 10.0 Å². The van der Waals surface area contributed by atoms with E-state index in [1.54, 1.807) is 24.7 Å². The molecular weight excluding hydrogens is 278 g/mol. The van der Waals surface area contributed by atoms with Gasteiger partial charge in [-0.1, -0.05) is 0 Å². The van der Waals surface area contributed by atoms with Gasteiger partial charge in [0.05, 0.1) is 17.8 Å². The molecule has 1 aliphatic rings. The quantitative estimate of drug-likeness (QED) is 0.912. The molecule has 20 heavy (non-hydrogen) atoms. The van der Waals surface area contributed by atoms with Gasteiger partial charge in [-0.25, -0.2) is 8.42 Å². The van der Waals surface area contributed by atoms with Crippen molar-refractivity contribution in [2.24, 2.45) is 0 Å². The molecule has 7 heteroatoms. The highest BCUT2D eigenvalue weighted by Gasteiger charge is 2.43. The summed E-state index contributed by atoms with van der Waals surface area (Å²) in [6, 6.07) is -0.266. The molecule has 1 unspecified atom stereocenters. The third-order valence-corrected chi connectivity index (χ3v) is 5.59. The van der Waals surface area contributed by atoms with Crippen LogP contribution >= 0.6 is 0 Å². The van der Waals surface area contributed by atoms with E-state index >= 15 is 0 Å². The number of hydrogen-bond acceptors (Lipinski definition) is 4. The first-order valence-electron chi connectivity index (χ1n) is 6.92. The van der Waals surface area contributed by atoms with Crippen LogP contribution in [0.1, 0.15) is 46.6 Å². The van der Waals surface area contributed by atoms with Crippen molar-refractivity contribution in [2.75, 3.05) is 6.54 Å². The Labute approximate surface area is 120 Å². The molecule has 1 fully saturated rings. The molecule has 1 aromatic rings. The summed E-state index contributed by atoms with van der Waals surface area (Å²) in [5.41, 5.74) is -1.04. The molecule has 1 aromatic heterocycles. The van der Waals surface area contributed by atoms with Crippen LogP contribution in [0.2, 0.25) is 0 Å². The zero-order chi connectivity index (χ0) is 15.1. The fourth-order valence-electron chi connectivity index (χ4n) is 2.61. The van der Waals surface area contributed by atoms with Gasteiger partial charge in [0.15, 0.2) is 0 Å². The van der Waals surface area contributed by atoms with E-state index in [0.29, 0.717) is 13.0 Å². The summed E-state index contributed by atoms with van der Waals surface area (Å²) >= 11 is 0. The van der Waals surface area contributed by atoms with Gasteiger partial charge in [-0.2, -0.15) is 9.40 Å². The molecule has 0 radical (unpaired) electrons. The molecule has 2 rings (SSSR count). The van der Waals surface area contributed by atoms with E-state index in [1.165, 1.54) is 10.5 Å². The summed E-state index contributed by atoms with van der Waals surface area (Å²) in [5, 5.41) is 14.3. The number of aliphatic hydroxyl groups is 1. The number of nitrogens with zero attached hydrogens (tertiary/aromatic N) is 3. The zero-order valence-electron chi connectivity index (χ0n) is 12.4. The van der Waals surface area contributed by atoms with Crippen LogP contribution in [0.3, 0.4) is 0 Å². The second kappa shape index (κ2) is 5.13. The molecular formula is C13H23N3O3S. The van der Waals surface area contributed by atoms with Crippen LogP contribution in [0.4, 0.5) is 0 Å². The van der Waals surface area contributed by atoms with Crippen LogP contribution in [0.5, 0.6) is 0 Å². The van der Waals surface area contributed by atoms with Gasteiger partial charge in [-0.15, -0.1) is 0 Å². The Hall–Kier alpha value is -0.920. The Morgan fingerprint density at radius 1 is 1.45 bits per heavy atom. The summed E-state index contributed by atoms with van der Waals surface area (Å²) in [5.74, 6) is 0. The lowest BCUT2D eigenvalue weighted by atomic mass is 9.98. The van der Waals surface area contributed by atoms with E-state index in [0.717, 1.165) is 6.42 Å². The molecule has 1 saturated heterocycles. The minimum atomic E-state index is -3.59. The third-order valence-electron chi connectivity index (χ3n) is 3.73. The first kappa shape index (κ1) is 15.5. The minimum absolute atomic E-state index is 0.114. The fourth-order valence-corrected chi connectivity index (χ4v) is 4.37. The molecule has 0 aromatic carbocycles. The second-order valence-electron chi connectivity index (χ2n) is 6.18. The molecule has 114 valence electrons. The summed E-state index contributed by atoms with van der Waals surface area (Å²) in [6.07, 6.45) is 4.39. The lowest BCUT2D eigenvalue weighted by Crippen LogP contribution is -2.48. The maximum atomic E-state index is 12.7. The minimum Gasteiger partial charge on any atom is -0.389 e. The summed E-state index contributed by atoms with van der Waals surface area (Å²) in [4.78, 5) is 0.197. The normalized spacial score (nSPS) is 21.8. The van der Waals surface area contributed by atoms with Crippen molar-refractivity contribution in [1.29, 1.82) is 0 Å². The highest BCUT2D eigenvalue weighted by molar-refractivity contribution is 7.89. The number of hydrogen-bond donors (Lipinski definition) is 1. The Morgan fingerprint density at radius 3 is 2.60 bits per heavy atom. The topological polar surface area (TPSA) is 75.4 Å². The lowest BCUT2D eigenvalue weighted by molar-refractivity contribution is 0.0215. The average molecular weight is 301 g/mol. The summed E-state index contributed by atoms with van der Waals surface area (Å²) in [6.45, 7) is 7.65. The first-order valence-corrected chi connectivity index (χ1v) is 8.36. The van der Waals surface area contributed by atoms with Crippen molar-refractivity contribution in [3.63, 3.8) is 0 Å². The Bertz CT molecular complexity index is 572. The van der Waals surface area contributed by atoms with Crippen LogP contribution in [0.15, 0.2) is 17.3 Å². The van der Waals surface area contributed by atoms with Crippen molar-refractivity contribution in [3.05, 3.63) is 12.4 Å². The summed E-state index contributed by atoms with van der Waals surface area (Å²) in [7, 11) is -3.59. The predicted molar refractivity (Wildman–Crippen MR) is 75.8 cm³/mol. The van der Waals surface area contributed by atoms with Gasteiger partial charge in [-0.3, -0.25) is 4.68 Å². The van der Waals surface area contributed by atoms with Crippen LogP contribution < -0.4 is 0 Å². The van der Waals surface area contributed by atoms with Crippen molar-refractivity contribution in [1.82, 2.24) is 14.1 Å². The smallest absolute Gasteiger partial charge is 0.246 e. The number of sulfonamides is 1. The molecule has 0 spiro atoms. The first-order chi connectivity index (χ1) is 9.14.